The van der Waals surface area contributed by atoms with Gasteiger partial charge in [-0.05, 0) is 38.5 Å². The summed E-state index contributed by atoms with van der Waals surface area (Å²) < 4.78 is 63.4. The maximum Gasteiger partial charge on any atom is 0.190 e. The van der Waals surface area contributed by atoms with Gasteiger partial charge in [0.25, 0.3) is 0 Å². The van der Waals surface area contributed by atoms with Crippen molar-refractivity contribution in [2.45, 2.75) is 257 Å². The van der Waals surface area contributed by atoms with Crippen molar-refractivity contribution >= 4 is 23.5 Å². The van der Waals surface area contributed by atoms with Gasteiger partial charge in [-0.2, -0.15) is 23.5 Å². The van der Waals surface area contributed by atoms with Crippen LogP contribution in [-0.2, 0) is 42.6 Å². The molecule has 0 unspecified atom stereocenters. The zero-order chi connectivity index (χ0) is 47.0. The first-order valence-corrected chi connectivity index (χ1v) is 29.6. The summed E-state index contributed by atoms with van der Waals surface area (Å²) in [7, 11) is 0. The van der Waals surface area contributed by atoms with Crippen molar-refractivity contribution in [1.29, 1.82) is 0 Å². The molecule has 0 aliphatic carbocycles. The van der Waals surface area contributed by atoms with Crippen molar-refractivity contribution in [1.82, 2.24) is 0 Å². The number of thioether (sulfide) groups is 2. The molecule has 0 aromatic carbocycles. The first kappa shape index (κ1) is 61.4. The predicted octanol–water partition coefficient (Wildman–Crippen LogP) is 11.6. The molecule has 2 rings (SSSR count). The summed E-state index contributed by atoms with van der Waals surface area (Å²) in [6.07, 6.45) is 22.0. The third-order valence-electron chi connectivity index (χ3n) is 12.4. The molecule has 10 atom stereocenters. The summed E-state index contributed by atoms with van der Waals surface area (Å²) in [5.41, 5.74) is 12.1. The minimum atomic E-state index is -0.796. The molecular formula is C52H104N2O9S2. The minimum Gasteiger partial charge on any atom is -0.373 e. The SMILES string of the molecule is CCCCCCO[C@@H]1[C@H](OCCCCCC)[C@@H](O[C@H]2O[C@H](CSCCN)[C@@H](OCCCCCC)[C@H](OCCCCCC)[C@H]2OCCCCCC)O[C@H](CSCCN)[C@H]1OCCCCCC. The van der Waals surface area contributed by atoms with Crippen LogP contribution >= 0.6 is 23.5 Å². The number of rotatable bonds is 46. The van der Waals surface area contributed by atoms with Gasteiger partial charge in [0.05, 0.1) is 12.2 Å². The van der Waals surface area contributed by atoms with Crippen LogP contribution in [0.3, 0.4) is 0 Å². The summed E-state index contributed by atoms with van der Waals surface area (Å²) in [6, 6.07) is 0. The van der Waals surface area contributed by atoms with Gasteiger partial charge in [-0.1, -0.05) is 157 Å². The van der Waals surface area contributed by atoms with E-state index in [0.29, 0.717) is 64.2 Å². The van der Waals surface area contributed by atoms with Crippen molar-refractivity contribution in [2.75, 3.05) is 75.7 Å². The normalized spacial score (nSPS) is 26.0. The summed E-state index contributed by atoms with van der Waals surface area (Å²) >= 11 is 3.59. The molecule has 65 heavy (non-hydrogen) atoms. The van der Waals surface area contributed by atoms with E-state index in [1.165, 1.54) is 64.2 Å². The second-order valence-corrected chi connectivity index (χ2v) is 20.6. The van der Waals surface area contributed by atoms with Gasteiger partial charge in [-0.15, -0.1) is 0 Å². The third-order valence-corrected chi connectivity index (χ3v) is 14.6. The van der Waals surface area contributed by atoms with Crippen LogP contribution in [0.15, 0.2) is 0 Å². The molecule has 11 nitrogen and oxygen atoms in total. The smallest absolute Gasteiger partial charge is 0.190 e. The highest BCUT2D eigenvalue weighted by molar-refractivity contribution is 7.99. The van der Waals surface area contributed by atoms with Crippen molar-refractivity contribution in [3.63, 3.8) is 0 Å². The van der Waals surface area contributed by atoms with Gasteiger partial charge in [-0.3, -0.25) is 0 Å². The lowest BCUT2D eigenvalue weighted by Crippen LogP contribution is -2.66. The van der Waals surface area contributed by atoms with Crippen LogP contribution in [0, 0.1) is 0 Å². The average Bonchev–Trinajstić information content (AvgIpc) is 3.31. The average molecular weight is 966 g/mol. The Bertz CT molecular complexity index is 952. The zero-order valence-corrected chi connectivity index (χ0v) is 44.5. The zero-order valence-electron chi connectivity index (χ0n) is 42.9. The minimum absolute atomic E-state index is 0.305. The van der Waals surface area contributed by atoms with E-state index in [1.807, 2.05) is 0 Å². The summed E-state index contributed by atoms with van der Waals surface area (Å²) in [4.78, 5) is 0. The molecule has 2 aliphatic rings. The summed E-state index contributed by atoms with van der Waals surface area (Å²) in [5.74, 6) is 3.06. The molecule has 0 saturated carbocycles. The Balaban J connectivity index is 2.68. The molecule has 2 heterocycles. The summed E-state index contributed by atoms with van der Waals surface area (Å²) in [5, 5.41) is 0. The lowest BCUT2D eigenvalue weighted by molar-refractivity contribution is -0.384. The molecule has 0 amide bonds. The van der Waals surface area contributed by atoms with E-state index in [4.69, 9.17) is 54.1 Å². The molecule has 2 saturated heterocycles. The first-order valence-electron chi connectivity index (χ1n) is 27.3. The van der Waals surface area contributed by atoms with Crippen LogP contribution in [0.1, 0.15) is 196 Å². The maximum absolute atomic E-state index is 7.32. The molecule has 0 spiro atoms. The topological polar surface area (TPSA) is 135 Å². The molecule has 388 valence electrons. The quantitative estimate of drug-likeness (QED) is 0.0561. The third kappa shape index (κ3) is 26.9. The first-order chi connectivity index (χ1) is 32.0. The summed E-state index contributed by atoms with van der Waals surface area (Å²) in [6.45, 7) is 18.4. The number of nitrogens with two attached hydrogens (primary N) is 2. The Hall–Kier alpha value is 0.260. The number of ether oxygens (including phenoxy) is 9. The second kappa shape index (κ2) is 43.1. The molecule has 2 fully saturated rings. The highest BCUT2D eigenvalue weighted by Gasteiger charge is 2.54. The van der Waals surface area contributed by atoms with Gasteiger partial charge in [0.1, 0.15) is 36.6 Å². The fraction of sp³-hybridized carbons (Fsp3) is 1.00. The standard InChI is InChI=1S/C52H104N2O9S2/c1-7-13-19-25-33-55-45-43(41-64-39-31-53)61-51(49(59-37-29-23-17-11-5)47(45)57-35-27-21-15-9-3)63-52-50(60-38-30-24-18-12-6)48(58-36-28-22-16-10-4)46(56-34-26-20-14-8-2)44(62-52)42-65-40-32-54/h43-52H,7-42,53-54H2,1-6H3/t43-,44-,45-,46-,47+,48+,49-,50+,51-,52-/m1/s1. The van der Waals surface area contributed by atoms with E-state index in [1.54, 1.807) is 23.5 Å². The van der Waals surface area contributed by atoms with Crippen molar-refractivity contribution < 1.29 is 42.6 Å². The highest BCUT2D eigenvalue weighted by Crippen LogP contribution is 2.37. The van der Waals surface area contributed by atoms with Gasteiger partial charge in [0.2, 0.25) is 0 Å². The Kier molecular flexibility index (Phi) is 40.7. The molecule has 0 bridgehead atoms. The van der Waals surface area contributed by atoms with Gasteiger partial charge in [0.15, 0.2) is 12.6 Å². The molecule has 2 aliphatic heterocycles. The number of hydrogen-bond donors (Lipinski definition) is 2. The van der Waals surface area contributed by atoms with Crippen LogP contribution in [0.2, 0.25) is 0 Å². The van der Waals surface area contributed by atoms with Crippen LogP contribution < -0.4 is 11.5 Å². The Labute approximate surface area is 408 Å². The van der Waals surface area contributed by atoms with Crippen LogP contribution in [0.25, 0.3) is 0 Å². The van der Waals surface area contributed by atoms with Crippen LogP contribution in [-0.4, -0.2) is 137 Å². The van der Waals surface area contributed by atoms with Gasteiger partial charge in [-0.25, -0.2) is 0 Å². The van der Waals surface area contributed by atoms with E-state index in [-0.39, 0.29) is 24.4 Å². The maximum atomic E-state index is 7.32. The Morgan fingerprint density at radius 3 is 0.862 bits per heavy atom. The lowest BCUT2D eigenvalue weighted by atomic mass is 9.97. The van der Waals surface area contributed by atoms with E-state index in [0.717, 1.165) is 101 Å². The van der Waals surface area contributed by atoms with Crippen LogP contribution in [0.4, 0.5) is 0 Å². The number of hydrogen-bond acceptors (Lipinski definition) is 13. The van der Waals surface area contributed by atoms with E-state index >= 15 is 0 Å². The van der Waals surface area contributed by atoms with Gasteiger partial charge >= 0.3 is 0 Å². The molecule has 4 N–H and O–H groups in total. The lowest BCUT2D eigenvalue weighted by Gasteiger charge is -2.50. The molecular weight excluding hydrogens is 861 g/mol. The van der Waals surface area contributed by atoms with Crippen LogP contribution in [0.5, 0.6) is 0 Å². The van der Waals surface area contributed by atoms with E-state index in [9.17, 15) is 0 Å². The fourth-order valence-electron chi connectivity index (χ4n) is 8.57. The van der Waals surface area contributed by atoms with Crippen molar-refractivity contribution in [3.05, 3.63) is 0 Å². The highest BCUT2D eigenvalue weighted by atomic mass is 32.2. The Morgan fingerprint density at radius 2 is 0.600 bits per heavy atom. The van der Waals surface area contributed by atoms with E-state index < -0.39 is 37.0 Å². The van der Waals surface area contributed by atoms with Gasteiger partial charge in [0, 0.05) is 75.7 Å². The van der Waals surface area contributed by atoms with E-state index in [2.05, 4.69) is 41.5 Å². The van der Waals surface area contributed by atoms with Gasteiger partial charge < -0.3 is 54.1 Å². The largest absolute Gasteiger partial charge is 0.373 e. The fourth-order valence-corrected chi connectivity index (χ4v) is 10.2. The van der Waals surface area contributed by atoms with Crippen molar-refractivity contribution in [3.8, 4) is 0 Å². The molecule has 0 aromatic rings. The molecule has 0 aromatic heterocycles. The predicted molar refractivity (Wildman–Crippen MR) is 274 cm³/mol. The van der Waals surface area contributed by atoms with Crippen molar-refractivity contribution in [2.24, 2.45) is 11.5 Å². The molecule has 0 radical (unpaired) electrons. The Morgan fingerprint density at radius 1 is 0.338 bits per heavy atom. The monoisotopic (exact) mass is 965 g/mol. The molecule has 13 heteroatoms. The second-order valence-electron chi connectivity index (χ2n) is 18.3. The number of unbranched alkanes of at least 4 members (excludes halogenated alkanes) is 18.